The highest BCUT2D eigenvalue weighted by molar-refractivity contribution is 5.59. The minimum atomic E-state index is -0.00746. The second-order valence-corrected chi connectivity index (χ2v) is 4.66. The van der Waals surface area contributed by atoms with Crippen LogP contribution in [0.4, 0.5) is 0 Å². The fraction of sp³-hybridized carbons (Fsp3) is 0.400. The van der Waals surface area contributed by atoms with Crippen molar-refractivity contribution in [2.24, 2.45) is 5.73 Å². The van der Waals surface area contributed by atoms with Gasteiger partial charge < -0.3 is 15.5 Å². The molecular weight excluding hydrogens is 238 g/mol. The Labute approximate surface area is 114 Å². The van der Waals surface area contributed by atoms with Gasteiger partial charge in [0, 0.05) is 0 Å². The van der Waals surface area contributed by atoms with Crippen molar-refractivity contribution in [1.29, 1.82) is 0 Å². The van der Waals surface area contributed by atoms with Crippen molar-refractivity contribution in [3.63, 3.8) is 0 Å². The van der Waals surface area contributed by atoms with Crippen molar-refractivity contribution in [3.05, 3.63) is 36.3 Å². The van der Waals surface area contributed by atoms with E-state index < -0.39 is 0 Å². The first-order valence-electron chi connectivity index (χ1n) is 6.69. The number of aromatic nitrogens is 2. The molecule has 0 aliphatic rings. The zero-order chi connectivity index (χ0) is 13.7. The number of hydrogen-bond acceptors (Lipinski definition) is 3. The number of benzene rings is 1. The number of unbranched alkanes of at least 4 members (excludes halogenated alkanes) is 1. The molecule has 1 heterocycles. The Morgan fingerprint density at radius 2 is 2.05 bits per heavy atom. The molecule has 0 saturated carbocycles. The molecule has 1 atom stereocenters. The molecule has 2 aromatic rings. The number of nitrogens with one attached hydrogen (secondary N) is 1. The molecule has 1 aromatic carbocycles. The fourth-order valence-electron chi connectivity index (χ4n) is 2.00. The van der Waals surface area contributed by atoms with Gasteiger partial charge in [-0.1, -0.05) is 19.8 Å². The van der Waals surface area contributed by atoms with Crippen LogP contribution in [0, 0.1) is 0 Å². The molecule has 0 aliphatic carbocycles. The molecule has 19 heavy (non-hydrogen) atoms. The number of ether oxygens (including phenoxy) is 1. The lowest BCUT2D eigenvalue weighted by Crippen LogP contribution is -2.11. The molecule has 0 bridgehead atoms. The van der Waals surface area contributed by atoms with Crippen molar-refractivity contribution in [3.8, 4) is 17.0 Å². The van der Waals surface area contributed by atoms with Gasteiger partial charge in [-0.05, 0) is 36.2 Å². The highest BCUT2D eigenvalue weighted by atomic mass is 16.5. The lowest BCUT2D eigenvalue weighted by atomic mass is 10.1. The van der Waals surface area contributed by atoms with E-state index in [0.717, 1.165) is 42.1 Å². The zero-order valence-corrected chi connectivity index (χ0v) is 11.5. The van der Waals surface area contributed by atoms with Crippen molar-refractivity contribution in [2.45, 2.75) is 32.2 Å². The van der Waals surface area contributed by atoms with Gasteiger partial charge in [0.15, 0.2) is 0 Å². The van der Waals surface area contributed by atoms with E-state index >= 15 is 0 Å². The third-order valence-corrected chi connectivity index (χ3v) is 3.22. The van der Waals surface area contributed by atoms with Crippen molar-refractivity contribution in [2.75, 3.05) is 7.11 Å². The van der Waals surface area contributed by atoms with Gasteiger partial charge in [0.2, 0.25) is 0 Å². The summed E-state index contributed by atoms with van der Waals surface area (Å²) < 4.78 is 5.15. The predicted octanol–water partition coefficient (Wildman–Crippen LogP) is 3.28. The fourth-order valence-corrected chi connectivity index (χ4v) is 2.00. The van der Waals surface area contributed by atoms with Gasteiger partial charge in [-0.25, -0.2) is 4.98 Å². The van der Waals surface area contributed by atoms with Gasteiger partial charge in [-0.2, -0.15) is 0 Å². The summed E-state index contributed by atoms with van der Waals surface area (Å²) in [6, 6.07) is 7.88. The number of nitrogens with zero attached hydrogens (tertiary/aromatic N) is 1. The van der Waals surface area contributed by atoms with Crippen LogP contribution in [0.5, 0.6) is 5.75 Å². The Balaban J connectivity index is 2.11. The highest BCUT2D eigenvalue weighted by Crippen LogP contribution is 2.22. The first-order chi connectivity index (χ1) is 9.24. The van der Waals surface area contributed by atoms with Crippen molar-refractivity contribution >= 4 is 0 Å². The maximum atomic E-state index is 6.10. The molecule has 2 rings (SSSR count). The van der Waals surface area contributed by atoms with E-state index in [0.29, 0.717) is 0 Å². The average Bonchev–Trinajstić information content (AvgIpc) is 2.94. The van der Waals surface area contributed by atoms with Crippen LogP contribution in [0.25, 0.3) is 11.3 Å². The minimum absolute atomic E-state index is 0.00746. The summed E-state index contributed by atoms with van der Waals surface area (Å²) in [6.45, 7) is 2.16. The second kappa shape index (κ2) is 6.38. The standard InChI is InChI=1S/C15H21N3O/c1-3-4-5-13(16)15-17-10-14(18-15)11-6-8-12(19-2)9-7-11/h6-10,13H,3-5,16H2,1-2H3,(H,17,18). The van der Waals surface area contributed by atoms with Crippen LogP contribution in [0.3, 0.4) is 0 Å². The number of hydrogen-bond donors (Lipinski definition) is 2. The SMILES string of the molecule is CCCCC(N)c1ncc(-c2ccc(OC)cc2)[nH]1. The normalized spacial score (nSPS) is 12.4. The number of imidazole rings is 1. The Hall–Kier alpha value is -1.81. The molecule has 0 radical (unpaired) electrons. The summed E-state index contributed by atoms with van der Waals surface area (Å²) in [5.74, 6) is 1.71. The monoisotopic (exact) mass is 259 g/mol. The van der Waals surface area contributed by atoms with Crippen LogP contribution >= 0.6 is 0 Å². The summed E-state index contributed by atoms with van der Waals surface area (Å²) in [4.78, 5) is 7.67. The molecule has 4 heteroatoms. The molecular formula is C15H21N3O. The number of nitrogens with two attached hydrogens (primary N) is 1. The Kier molecular flexibility index (Phi) is 4.58. The van der Waals surface area contributed by atoms with Gasteiger partial charge in [0.05, 0.1) is 25.0 Å². The molecule has 0 saturated heterocycles. The molecule has 3 N–H and O–H groups in total. The number of H-pyrrole nitrogens is 1. The van der Waals surface area contributed by atoms with E-state index in [9.17, 15) is 0 Å². The van der Waals surface area contributed by atoms with Gasteiger partial charge in [0.1, 0.15) is 11.6 Å². The lowest BCUT2D eigenvalue weighted by Gasteiger charge is -2.07. The second-order valence-electron chi connectivity index (χ2n) is 4.66. The van der Waals surface area contributed by atoms with E-state index in [-0.39, 0.29) is 6.04 Å². The maximum Gasteiger partial charge on any atom is 0.123 e. The van der Waals surface area contributed by atoms with Crippen LogP contribution < -0.4 is 10.5 Å². The largest absolute Gasteiger partial charge is 0.497 e. The summed E-state index contributed by atoms with van der Waals surface area (Å²) in [7, 11) is 1.66. The third kappa shape index (κ3) is 3.35. The van der Waals surface area contributed by atoms with Crippen LogP contribution in [0.1, 0.15) is 38.1 Å². The lowest BCUT2D eigenvalue weighted by molar-refractivity contribution is 0.415. The van der Waals surface area contributed by atoms with E-state index in [1.807, 2.05) is 30.5 Å². The van der Waals surface area contributed by atoms with Crippen molar-refractivity contribution < 1.29 is 4.74 Å². The quantitative estimate of drug-likeness (QED) is 0.836. The topological polar surface area (TPSA) is 63.9 Å². The van der Waals surface area contributed by atoms with Crippen LogP contribution in [0.2, 0.25) is 0 Å². The number of rotatable bonds is 6. The average molecular weight is 259 g/mol. The Morgan fingerprint density at radius 3 is 2.68 bits per heavy atom. The van der Waals surface area contributed by atoms with Crippen LogP contribution in [-0.2, 0) is 0 Å². The number of aromatic amines is 1. The van der Waals surface area contributed by atoms with Crippen LogP contribution in [0.15, 0.2) is 30.5 Å². The van der Waals surface area contributed by atoms with Crippen LogP contribution in [-0.4, -0.2) is 17.1 Å². The Bertz CT molecular complexity index is 504. The molecule has 0 spiro atoms. The number of methoxy groups -OCH3 is 1. The summed E-state index contributed by atoms with van der Waals surface area (Å²) in [6.07, 6.45) is 5.08. The summed E-state index contributed by atoms with van der Waals surface area (Å²) in [5, 5.41) is 0. The van der Waals surface area contributed by atoms with E-state index in [1.165, 1.54) is 0 Å². The molecule has 0 amide bonds. The highest BCUT2D eigenvalue weighted by Gasteiger charge is 2.10. The van der Waals surface area contributed by atoms with Gasteiger partial charge in [-0.15, -0.1) is 0 Å². The van der Waals surface area contributed by atoms with Gasteiger partial charge in [-0.3, -0.25) is 0 Å². The van der Waals surface area contributed by atoms with E-state index in [2.05, 4.69) is 16.9 Å². The smallest absolute Gasteiger partial charge is 0.123 e. The Morgan fingerprint density at radius 1 is 1.32 bits per heavy atom. The van der Waals surface area contributed by atoms with Crippen molar-refractivity contribution in [1.82, 2.24) is 9.97 Å². The molecule has 4 nitrogen and oxygen atoms in total. The first kappa shape index (κ1) is 13.6. The third-order valence-electron chi connectivity index (χ3n) is 3.22. The minimum Gasteiger partial charge on any atom is -0.497 e. The van der Waals surface area contributed by atoms with E-state index in [1.54, 1.807) is 7.11 Å². The molecule has 0 fully saturated rings. The van der Waals surface area contributed by atoms with Gasteiger partial charge >= 0.3 is 0 Å². The molecule has 1 aromatic heterocycles. The maximum absolute atomic E-state index is 6.10. The van der Waals surface area contributed by atoms with Gasteiger partial charge in [0.25, 0.3) is 0 Å². The van der Waals surface area contributed by atoms with E-state index in [4.69, 9.17) is 10.5 Å². The molecule has 102 valence electrons. The predicted molar refractivity (Wildman–Crippen MR) is 77.0 cm³/mol. The zero-order valence-electron chi connectivity index (χ0n) is 11.5. The molecule has 1 unspecified atom stereocenters. The summed E-state index contributed by atoms with van der Waals surface area (Å²) in [5.41, 5.74) is 8.18. The first-order valence-corrected chi connectivity index (χ1v) is 6.69. The molecule has 0 aliphatic heterocycles. The summed E-state index contributed by atoms with van der Waals surface area (Å²) >= 11 is 0.